The molecule has 0 radical (unpaired) electrons. The third-order valence-corrected chi connectivity index (χ3v) is 3.64. The molecule has 0 heterocycles. The number of aryl methyl sites for hydroxylation is 1. The van der Waals surface area contributed by atoms with Crippen molar-refractivity contribution in [3.63, 3.8) is 0 Å². The zero-order valence-corrected chi connectivity index (χ0v) is 11.3. The van der Waals surface area contributed by atoms with E-state index >= 15 is 0 Å². The van der Waals surface area contributed by atoms with Crippen molar-refractivity contribution in [1.82, 2.24) is 0 Å². The first-order valence-corrected chi connectivity index (χ1v) is 7.37. The molecule has 0 unspecified atom stereocenters. The molecule has 17 heavy (non-hydrogen) atoms. The van der Waals surface area contributed by atoms with Gasteiger partial charge in [-0.25, -0.2) is 0 Å². The molecular formula is C14H22O2S. The third kappa shape index (κ3) is 6.59. The number of unbranched alkanes of at least 4 members (excludes halogenated alkanes) is 1. The molecule has 0 aliphatic carbocycles. The van der Waals surface area contributed by atoms with Crippen molar-refractivity contribution in [3.05, 3.63) is 29.8 Å². The summed E-state index contributed by atoms with van der Waals surface area (Å²) in [5.41, 5.74) is 1.20. The number of benzene rings is 1. The Morgan fingerprint density at radius 2 is 1.88 bits per heavy atom. The zero-order chi connectivity index (χ0) is 12.3. The molecule has 1 N–H and O–H groups in total. The molecule has 1 aromatic carbocycles. The van der Waals surface area contributed by atoms with Crippen molar-refractivity contribution in [2.45, 2.75) is 26.2 Å². The lowest BCUT2D eigenvalue weighted by Gasteiger charge is -2.08. The van der Waals surface area contributed by atoms with Gasteiger partial charge in [-0.1, -0.05) is 18.2 Å². The lowest BCUT2D eigenvalue weighted by molar-refractivity contribution is 0.296. The fourth-order valence-corrected chi connectivity index (χ4v) is 2.42. The highest BCUT2D eigenvalue weighted by molar-refractivity contribution is 7.99. The van der Waals surface area contributed by atoms with Crippen molar-refractivity contribution in [3.8, 4) is 5.75 Å². The smallest absolute Gasteiger partial charge is 0.122 e. The van der Waals surface area contributed by atoms with Gasteiger partial charge in [0.1, 0.15) is 5.75 Å². The molecule has 96 valence electrons. The molecule has 2 nitrogen and oxygen atoms in total. The molecular weight excluding hydrogens is 232 g/mol. The average Bonchev–Trinajstić information content (AvgIpc) is 2.35. The SMILES string of the molecule is Cc1ccccc1OCCCCSCCCO. The van der Waals surface area contributed by atoms with Gasteiger partial charge in [0.2, 0.25) is 0 Å². The fourth-order valence-electron chi connectivity index (χ4n) is 1.48. The predicted octanol–water partition coefficient (Wildman–Crippen LogP) is 3.27. The van der Waals surface area contributed by atoms with Gasteiger partial charge >= 0.3 is 0 Å². The van der Waals surface area contributed by atoms with Crippen molar-refractivity contribution >= 4 is 11.8 Å². The van der Waals surface area contributed by atoms with E-state index in [1.807, 2.05) is 30.0 Å². The molecule has 0 atom stereocenters. The van der Waals surface area contributed by atoms with Gasteiger partial charge in [0.05, 0.1) is 6.61 Å². The predicted molar refractivity (Wildman–Crippen MR) is 74.9 cm³/mol. The molecule has 0 fully saturated rings. The topological polar surface area (TPSA) is 29.5 Å². The van der Waals surface area contributed by atoms with Crippen LogP contribution in [0.4, 0.5) is 0 Å². The van der Waals surface area contributed by atoms with Crippen molar-refractivity contribution in [2.75, 3.05) is 24.7 Å². The van der Waals surface area contributed by atoms with E-state index in [1.165, 1.54) is 12.0 Å². The van der Waals surface area contributed by atoms with Crippen LogP contribution >= 0.6 is 11.8 Å². The number of para-hydroxylation sites is 1. The molecule has 0 bridgehead atoms. The number of thioether (sulfide) groups is 1. The Morgan fingerprint density at radius 1 is 1.12 bits per heavy atom. The third-order valence-electron chi connectivity index (χ3n) is 2.48. The van der Waals surface area contributed by atoms with E-state index in [1.54, 1.807) is 0 Å². The molecule has 0 aromatic heterocycles. The Kier molecular flexibility index (Phi) is 7.93. The van der Waals surface area contributed by atoms with Gasteiger partial charge in [0, 0.05) is 6.61 Å². The van der Waals surface area contributed by atoms with Gasteiger partial charge in [-0.3, -0.25) is 0 Å². The molecule has 0 aliphatic rings. The van der Waals surface area contributed by atoms with Gasteiger partial charge in [0.25, 0.3) is 0 Å². The summed E-state index contributed by atoms with van der Waals surface area (Å²) in [6.45, 7) is 3.18. The van der Waals surface area contributed by atoms with Crippen molar-refractivity contribution in [1.29, 1.82) is 0 Å². The van der Waals surface area contributed by atoms with Crippen LogP contribution in [0.5, 0.6) is 5.75 Å². The molecule has 0 amide bonds. The zero-order valence-electron chi connectivity index (χ0n) is 10.5. The van der Waals surface area contributed by atoms with E-state index in [4.69, 9.17) is 9.84 Å². The molecule has 0 saturated carbocycles. The minimum absolute atomic E-state index is 0.309. The second-order valence-corrected chi connectivity index (χ2v) is 5.24. The minimum atomic E-state index is 0.309. The van der Waals surface area contributed by atoms with E-state index in [9.17, 15) is 0 Å². The minimum Gasteiger partial charge on any atom is -0.493 e. The standard InChI is InChI=1S/C14H22O2S/c1-13-7-2-3-8-14(13)16-10-4-5-11-17-12-6-9-15/h2-3,7-8,15H,4-6,9-12H2,1H3. The first-order chi connectivity index (χ1) is 8.34. The monoisotopic (exact) mass is 254 g/mol. The average molecular weight is 254 g/mol. The van der Waals surface area contributed by atoms with E-state index in [-0.39, 0.29) is 0 Å². The van der Waals surface area contributed by atoms with Crippen molar-refractivity contribution < 1.29 is 9.84 Å². The summed E-state index contributed by atoms with van der Waals surface area (Å²) in [5, 5.41) is 8.63. The van der Waals surface area contributed by atoms with Crippen LogP contribution in [-0.4, -0.2) is 29.8 Å². The maximum absolute atomic E-state index is 8.63. The largest absolute Gasteiger partial charge is 0.493 e. The number of aliphatic hydroxyl groups excluding tert-OH is 1. The summed E-state index contributed by atoms with van der Waals surface area (Å²) >= 11 is 1.91. The summed E-state index contributed by atoms with van der Waals surface area (Å²) in [4.78, 5) is 0. The highest BCUT2D eigenvalue weighted by Crippen LogP contribution is 2.16. The van der Waals surface area contributed by atoms with Crippen LogP contribution in [0.1, 0.15) is 24.8 Å². The Labute approximate surface area is 108 Å². The molecule has 1 aromatic rings. The lowest BCUT2D eigenvalue weighted by atomic mass is 10.2. The number of hydrogen-bond donors (Lipinski definition) is 1. The first kappa shape index (κ1) is 14.4. The van der Waals surface area contributed by atoms with Crippen LogP contribution in [0.2, 0.25) is 0 Å². The van der Waals surface area contributed by atoms with Gasteiger partial charge in [-0.2, -0.15) is 11.8 Å². The van der Waals surface area contributed by atoms with Crippen LogP contribution in [0, 0.1) is 6.92 Å². The van der Waals surface area contributed by atoms with Gasteiger partial charge in [-0.15, -0.1) is 0 Å². The number of hydrogen-bond acceptors (Lipinski definition) is 3. The van der Waals surface area contributed by atoms with E-state index < -0.39 is 0 Å². The lowest BCUT2D eigenvalue weighted by Crippen LogP contribution is -1.99. The van der Waals surface area contributed by atoms with Gasteiger partial charge in [-0.05, 0) is 49.3 Å². The van der Waals surface area contributed by atoms with E-state index in [0.717, 1.165) is 36.7 Å². The van der Waals surface area contributed by atoms with Crippen LogP contribution in [0.25, 0.3) is 0 Å². The highest BCUT2D eigenvalue weighted by atomic mass is 32.2. The van der Waals surface area contributed by atoms with E-state index in [0.29, 0.717) is 6.61 Å². The normalized spacial score (nSPS) is 10.5. The number of aliphatic hydroxyl groups is 1. The van der Waals surface area contributed by atoms with Crippen molar-refractivity contribution in [2.24, 2.45) is 0 Å². The van der Waals surface area contributed by atoms with Gasteiger partial charge < -0.3 is 9.84 Å². The molecule has 0 spiro atoms. The van der Waals surface area contributed by atoms with E-state index in [2.05, 4.69) is 13.0 Å². The van der Waals surface area contributed by atoms with Gasteiger partial charge in [0.15, 0.2) is 0 Å². The first-order valence-electron chi connectivity index (χ1n) is 6.21. The van der Waals surface area contributed by atoms with Crippen LogP contribution in [0.15, 0.2) is 24.3 Å². The second-order valence-electron chi connectivity index (χ2n) is 4.01. The molecule has 0 saturated heterocycles. The van der Waals surface area contributed by atoms with Crippen LogP contribution in [0.3, 0.4) is 0 Å². The summed E-state index contributed by atoms with van der Waals surface area (Å²) in [6.07, 6.45) is 3.19. The summed E-state index contributed by atoms with van der Waals surface area (Å²) < 4.78 is 5.72. The Bertz CT molecular complexity index is 302. The molecule has 0 aliphatic heterocycles. The quantitative estimate of drug-likeness (QED) is 0.686. The Morgan fingerprint density at radius 3 is 2.65 bits per heavy atom. The summed E-state index contributed by atoms with van der Waals surface area (Å²) in [6, 6.07) is 8.12. The van der Waals surface area contributed by atoms with Crippen LogP contribution in [-0.2, 0) is 0 Å². The number of ether oxygens (including phenoxy) is 1. The maximum Gasteiger partial charge on any atom is 0.122 e. The Balaban J connectivity index is 1.99. The fraction of sp³-hybridized carbons (Fsp3) is 0.571. The number of rotatable bonds is 9. The molecule has 1 rings (SSSR count). The molecule has 3 heteroatoms. The second kappa shape index (κ2) is 9.37. The highest BCUT2D eigenvalue weighted by Gasteiger charge is 1.97. The summed E-state index contributed by atoms with van der Waals surface area (Å²) in [7, 11) is 0. The Hall–Kier alpha value is -0.670. The van der Waals surface area contributed by atoms with Crippen LogP contribution < -0.4 is 4.74 Å². The summed E-state index contributed by atoms with van der Waals surface area (Å²) in [5.74, 6) is 3.23. The maximum atomic E-state index is 8.63.